The van der Waals surface area contributed by atoms with Gasteiger partial charge in [0.2, 0.25) is 0 Å². The van der Waals surface area contributed by atoms with Crippen molar-refractivity contribution in [2.75, 3.05) is 26.4 Å². The maximum absolute atomic E-state index is 13.0. The minimum Gasteiger partial charge on any atom is -0.460 e. The van der Waals surface area contributed by atoms with Gasteiger partial charge >= 0.3 is 5.97 Å². The quantitative estimate of drug-likeness (QED) is 0.687. The zero-order chi connectivity index (χ0) is 22.9. The van der Waals surface area contributed by atoms with E-state index in [0.29, 0.717) is 30.9 Å². The molecule has 1 spiro atoms. The molecule has 2 aromatic rings. The average Bonchev–Trinajstić information content (AvgIpc) is 3.31. The highest BCUT2D eigenvalue weighted by molar-refractivity contribution is 5.94. The van der Waals surface area contributed by atoms with Gasteiger partial charge in [-0.2, -0.15) is 5.10 Å². The Morgan fingerprint density at radius 2 is 2.09 bits per heavy atom. The minimum atomic E-state index is -0.433. The molecule has 2 aliphatic rings. The van der Waals surface area contributed by atoms with E-state index in [0.717, 1.165) is 43.7 Å². The molecule has 0 atom stereocenters. The number of aryl methyl sites for hydroxylation is 2. The average molecular weight is 444 g/mol. The van der Waals surface area contributed by atoms with E-state index in [1.165, 1.54) is 0 Å². The van der Waals surface area contributed by atoms with Crippen LogP contribution in [0.4, 0.5) is 0 Å². The molecule has 1 N–H and O–H groups in total. The molecule has 32 heavy (non-hydrogen) atoms. The number of esters is 1. The second kappa shape index (κ2) is 8.69. The van der Waals surface area contributed by atoms with Crippen molar-refractivity contribution < 1.29 is 19.1 Å². The smallest absolute Gasteiger partial charge is 0.358 e. The molecular formula is C23H33N5O4. The van der Waals surface area contributed by atoms with E-state index in [4.69, 9.17) is 14.6 Å². The third-order valence-electron chi connectivity index (χ3n) is 6.53. The van der Waals surface area contributed by atoms with Crippen LogP contribution in [0.15, 0.2) is 12.5 Å². The zero-order valence-corrected chi connectivity index (χ0v) is 19.4. The number of hydrogen-bond acceptors (Lipinski definition) is 6. The summed E-state index contributed by atoms with van der Waals surface area (Å²) in [6.07, 6.45) is 6.49. The summed E-state index contributed by atoms with van der Waals surface area (Å²) >= 11 is 0. The highest BCUT2D eigenvalue weighted by Crippen LogP contribution is 2.38. The van der Waals surface area contributed by atoms with Crippen molar-refractivity contribution in [3.8, 4) is 0 Å². The van der Waals surface area contributed by atoms with Gasteiger partial charge in [-0.15, -0.1) is 0 Å². The highest BCUT2D eigenvalue weighted by Gasteiger charge is 2.40. The molecule has 9 nitrogen and oxygen atoms in total. The standard InChI is InChI=1S/C23H33N5O4/c1-5-28-19-16(10-23(13-24-20(19)29)6-8-31-9-7-23)17(26-28)11-22(2,3)14-32-21(30)18-12-27(4)15-25-18/h12,15H,5-11,13-14H2,1-4H3,(H,24,29). The third kappa shape index (κ3) is 4.57. The molecule has 0 aromatic carbocycles. The van der Waals surface area contributed by atoms with Crippen LogP contribution >= 0.6 is 0 Å². The fourth-order valence-corrected chi connectivity index (χ4v) is 4.66. The number of carbonyl (C=O) groups excluding carboxylic acids is 2. The molecule has 0 radical (unpaired) electrons. The fraction of sp³-hybridized carbons (Fsp3) is 0.652. The van der Waals surface area contributed by atoms with Gasteiger partial charge in [0.1, 0.15) is 5.69 Å². The monoisotopic (exact) mass is 443 g/mol. The number of hydrogen-bond donors (Lipinski definition) is 1. The summed E-state index contributed by atoms with van der Waals surface area (Å²) in [4.78, 5) is 29.4. The largest absolute Gasteiger partial charge is 0.460 e. The van der Waals surface area contributed by atoms with E-state index in [-0.39, 0.29) is 23.3 Å². The Labute approximate surface area is 188 Å². The maximum atomic E-state index is 13.0. The van der Waals surface area contributed by atoms with Crippen molar-refractivity contribution >= 4 is 11.9 Å². The Hall–Kier alpha value is -2.68. The molecule has 2 aliphatic heterocycles. The zero-order valence-electron chi connectivity index (χ0n) is 19.4. The van der Waals surface area contributed by atoms with Gasteiger partial charge in [-0.3, -0.25) is 9.48 Å². The number of nitrogens with one attached hydrogen (secondary N) is 1. The topological polar surface area (TPSA) is 100 Å². The van der Waals surface area contributed by atoms with E-state index >= 15 is 0 Å². The number of carbonyl (C=O) groups is 2. The van der Waals surface area contributed by atoms with Gasteiger partial charge in [-0.1, -0.05) is 13.8 Å². The van der Waals surface area contributed by atoms with Crippen molar-refractivity contribution in [2.24, 2.45) is 17.9 Å². The van der Waals surface area contributed by atoms with Crippen molar-refractivity contribution in [1.29, 1.82) is 0 Å². The second-order valence-corrected chi connectivity index (χ2v) is 9.90. The van der Waals surface area contributed by atoms with Gasteiger partial charge in [-0.05, 0) is 31.6 Å². The lowest BCUT2D eigenvalue weighted by atomic mass is 9.74. The van der Waals surface area contributed by atoms with Gasteiger partial charge in [0.25, 0.3) is 5.91 Å². The predicted octanol–water partition coefficient (Wildman–Crippen LogP) is 2.14. The van der Waals surface area contributed by atoms with Crippen LogP contribution in [0.25, 0.3) is 0 Å². The van der Waals surface area contributed by atoms with Crippen LogP contribution in [-0.4, -0.2) is 57.6 Å². The third-order valence-corrected chi connectivity index (χ3v) is 6.53. The molecule has 0 saturated carbocycles. The van der Waals surface area contributed by atoms with E-state index in [9.17, 15) is 9.59 Å². The lowest BCUT2D eigenvalue weighted by Gasteiger charge is -2.36. The first-order chi connectivity index (χ1) is 15.2. The molecule has 2 aromatic heterocycles. The summed E-state index contributed by atoms with van der Waals surface area (Å²) < 4.78 is 14.7. The van der Waals surface area contributed by atoms with Crippen molar-refractivity contribution in [3.05, 3.63) is 35.2 Å². The lowest BCUT2D eigenvalue weighted by molar-refractivity contribution is 0.0159. The van der Waals surface area contributed by atoms with Gasteiger partial charge in [-0.25, -0.2) is 9.78 Å². The Balaban J connectivity index is 1.55. The number of amides is 1. The van der Waals surface area contributed by atoms with Gasteiger partial charge in [0.15, 0.2) is 5.69 Å². The first-order valence-corrected chi connectivity index (χ1v) is 11.3. The normalized spacial score (nSPS) is 18.2. The summed E-state index contributed by atoms with van der Waals surface area (Å²) in [5, 5.41) is 7.96. The first kappa shape index (κ1) is 22.5. The Morgan fingerprint density at radius 1 is 1.34 bits per heavy atom. The van der Waals surface area contributed by atoms with Gasteiger partial charge in [0, 0.05) is 56.9 Å². The van der Waals surface area contributed by atoms with E-state index in [1.54, 1.807) is 17.1 Å². The molecule has 0 unspecified atom stereocenters. The summed E-state index contributed by atoms with van der Waals surface area (Å²) in [6.45, 7) is 9.07. The van der Waals surface area contributed by atoms with E-state index in [2.05, 4.69) is 24.1 Å². The van der Waals surface area contributed by atoms with Crippen molar-refractivity contribution in [2.45, 2.75) is 53.0 Å². The van der Waals surface area contributed by atoms with Crippen LogP contribution in [-0.2, 0) is 35.9 Å². The van der Waals surface area contributed by atoms with E-state index < -0.39 is 5.97 Å². The number of rotatable bonds is 6. The molecule has 1 fully saturated rings. The first-order valence-electron chi connectivity index (χ1n) is 11.3. The maximum Gasteiger partial charge on any atom is 0.358 e. The Kier molecular flexibility index (Phi) is 6.11. The molecule has 1 amide bonds. The van der Waals surface area contributed by atoms with Crippen LogP contribution < -0.4 is 5.32 Å². The second-order valence-electron chi connectivity index (χ2n) is 9.90. The number of ether oxygens (including phenoxy) is 2. The molecule has 1 saturated heterocycles. The van der Waals surface area contributed by atoms with Crippen molar-refractivity contribution in [1.82, 2.24) is 24.6 Å². The van der Waals surface area contributed by atoms with Crippen LogP contribution in [0.2, 0.25) is 0 Å². The van der Waals surface area contributed by atoms with Gasteiger partial charge < -0.3 is 19.4 Å². The van der Waals surface area contributed by atoms with Crippen LogP contribution in [0.5, 0.6) is 0 Å². The molecular weight excluding hydrogens is 410 g/mol. The minimum absolute atomic E-state index is 0.00506. The summed E-state index contributed by atoms with van der Waals surface area (Å²) in [6, 6.07) is 0. The fourth-order valence-electron chi connectivity index (χ4n) is 4.66. The molecule has 0 bridgehead atoms. The van der Waals surface area contributed by atoms with Crippen LogP contribution in [0.1, 0.15) is 65.8 Å². The van der Waals surface area contributed by atoms with Crippen LogP contribution in [0.3, 0.4) is 0 Å². The Morgan fingerprint density at radius 3 is 2.75 bits per heavy atom. The number of nitrogens with zero attached hydrogens (tertiary/aromatic N) is 4. The predicted molar refractivity (Wildman–Crippen MR) is 117 cm³/mol. The molecule has 174 valence electrons. The number of aromatic nitrogens is 4. The molecule has 4 heterocycles. The molecule has 0 aliphatic carbocycles. The molecule has 9 heteroatoms. The number of imidazole rings is 1. The van der Waals surface area contributed by atoms with Gasteiger partial charge in [0.05, 0.1) is 18.6 Å². The summed E-state index contributed by atoms with van der Waals surface area (Å²) in [5.41, 5.74) is 2.58. The van der Waals surface area contributed by atoms with E-state index in [1.807, 2.05) is 18.7 Å². The number of fused-ring (bicyclic) bond motifs is 1. The molecule has 4 rings (SSSR count). The summed E-state index contributed by atoms with van der Waals surface area (Å²) in [5.74, 6) is -0.486. The highest BCUT2D eigenvalue weighted by atomic mass is 16.5. The summed E-state index contributed by atoms with van der Waals surface area (Å²) in [7, 11) is 1.81. The Bertz CT molecular complexity index is 1000. The van der Waals surface area contributed by atoms with Crippen LogP contribution in [0, 0.1) is 10.8 Å². The SMILES string of the molecule is CCn1nc(CC(C)(C)COC(=O)c2cn(C)cn2)c2c1C(=O)NCC1(CCOCC1)C2. The lowest BCUT2D eigenvalue weighted by Crippen LogP contribution is -2.40. The van der Waals surface area contributed by atoms with Crippen molar-refractivity contribution in [3.63, 3.8) is 0 Å².